The lowest BCUT2D eigenvalue weighted by atomic mass is 9.90. The molecule has 0 aromatic rings. The van der Waals surface area contributed by atoms with Crippen molar-refractivity contribution in [3.05, 3.63) is 0 Å². The summed E-state index contributed by atoms with van der Waals surface area (Å²) in [5, 5.41) is 12.2. The molecule has 2 unspecified atom stereocenters. The molecule has 1 fully saturated rings. The Kier molecular flexibility index (Phi) is 4.75. The van der Waals surface area contributed by atoms with Gasteiger partial charge in [0.1, 0.15) is 5.54 Å². The van der Waals surface area contributed by atoms with E-state index < -0.39 is 11.5 Å². The van der Waals surface area contributed by atoms with Crippen molar-refractivity contribution in [1.29, 1.82) is 0 Å². The van der Waals surface area contributed by atoms with Gasteiger partial charge >= 0.3 is 5.97 Å². The van der Waals surface area contributed by atoms with Gasteiger partial charge in [-0.15, -0.1) is 0 Å². The summed E-state index contributed by atoms with van der Waals surface area (Å²) >= 11 is 0. The third kappa shape index (κ3) is 3.22. The van der Waals surface area contributed by atoms with Crippen LogP contribution in [0.15, 0.2) is 0 Å². The van der Waals surface area contributed by atoms with Crippen molar-refractivity contribution in [2.45, 2.75) is 51.2 Å². The first-order valence-electron chi connectivity index (χ1n) is 6.50. The summed E-state index contributed by atoms with van der Waals surface area (Å²) in [5.74, 6) is -0.803. The van der Waals surface area contributed by atoms with E-state index in [0.29, 0.717) is 13.0 Å². The molecule has 2 N–H and O–H groups in total. The zero-order valence-electron chi connectivity index (χ0n) is 12.1. The van der Waals surface area contributed by atoms with Crippen LogP contribution in [0.1, 0.15) is 34.1 Å². The molecular weight excluding hydrogens is 232 g/mol. The zero-order valence-corrected chi connectivity index (χ0v) is 12.1. The minimum absolute atomic E-state index is 0.0369. The van der Waals surface area contributed by atoms with Gasteiger partial charge in [-0.25, -0.2) is 0 Å². The van der Waals surface area contributed by atoms with Crippen LogP contribution in [0.5, 0.6) is 0 Å². The number of aliphatic carboxylic acids is 1. The molecular formula is C13H26N2O3. The minimum Gasteiger partial charge on any atom is -0.480 e. The molecule has 1 aliphatic rings. The van der Waals surface area contributed by atoms with Crippen LogP contribution in [0.25, 0.3) is 0 Å². The van der Waals surface area contributed by atoms with Crippen LogP contribution in [-0.2, 0) is 9.53 Å². The number of likely N-dealkylation sites (N-methyl/N-ethyl adjacent to an activating group) is 1. The highest BCUT2D eigenvalue weighted by Gasteiger charge is 2.39. The Morgan fingerprint density at radius 3 is 2.67 bits per heavy atom. The maximum atomic E-state index is 11.3. The van der Waals surface area contributed by atoms with Crippen molar-refractivity contribution in [2.75, 3.05) is 26.8 Å². The molecule has 1 saturated heterocycles. The van der Waals surface area contributed by atoms with Gasteiger partial charge in [0.2, 0.25) is 0 Å². The van der Waals surface area contributed by atoms with Gasteiger partial charge in [-0.1, -0.05) is 0 Å². The molecule has 1 heterocycles. The third-order valence-corrected chi connectivity index (χ3v) is 3.97. The van der Waals surface area contributed by atoms with Gasteiger partial charge in [-0.3, -0.25) is 9.69 Å². The maximum Gasteiger partial charge on any atom is 0.323 e. The summed E-state index contributed by atoms with van der Waals surface area (Å²) in [6.07, 6.45) is 0.572. The Hall–Kier alpha value is -0.650. The average Bonchev–Trinajstić information content (AvgIpc) is 2.27. The molecule has 0 aromatic heterocycles. The second-order valence-electron chi connectivity index (χ2n) is 6.00. The standard InChI is InChI=1S/C13H26N2O3/c1-10(8-13(4,14-5)11(16)17)15-6-7-18-9-12(15,2)3/h10,14H,6-9H2,1-5H3,(H,16,17). The summed E-state index contributed by atoms with van der Waals surface area (Å²) < 4.78 is 5.50. The van der Waals surface area contributed by atoms with Crippen molar-refractivity contribution < 1.29 is 14.6 Å². The van der Waals surface area contributed by atoms with Gasteiger partial charge in [0.25, 0.3) is 0 Å². The van der Waals surface area contributed by atoms with Crippen molar-refractivity contribution in [3.63, 3.8) is 0 Å². The average molecular weight is 258 g/mol. The van der Waals surface area contributed by atoms with E-state index in [1.54, 1.807) is 14.0 Å². The second kappa shape index (κ2) is 5.55. The van der Waals surface area contributed by atoms with Gasteiger partial charge in [-0.05, 0) is 41.2 Å². The highest BCUT2D eigenvalue weighted by molar-refractivity contribution is 5.78. The second-order valence-corrected chi connectivity index (χ2v) is 6.00. The molecule has 5 heteroatoms. The van der Waals surface area contributed by atoms with Crippen LogP contribution in [0.4, 0.5) is 0 Å². The van der Waals surface area contributed by atoms with Gasteiger partial charge < -0.3 is 15.2 Å². The fraction of sp³-hybridized carbons (Fsp3) is 0.923. The zero-order chi connectivity index (χ0) is 14.0. The number of rotatable bonds is 5. The molecule has 2 atom stereocenters. The quantitative estimate of drug-likeness (QED) is 0.768. The number of carbonyl (C=O) groups is 1. The lowest BCUT2D eigenvalue weighted by Gasteiger charge is -2.47. The van der Waals surface area contributed by atoms with Crippen LogP contribution < -0.4 is 5.32 Å². The van der Waals surface area contributed by atoms with E-state index in [1.807, 2.05) is 0 Å². The smallest absolute Gasteiger partial charge is 0.323 e. The monoisotopic (exact) mass is 258 g/mol. The Morgan fingerprint density at radius 2 is 2.22 bits per heavy atom. The van der Waals surface area contributed by atoms with Crippen molar-refractivity contribution in [1.82, 2.24) is 10.2 Å². The van der Waals surface area contributed by atoms with Crippen LogP contribution in [-0.4, -0.2) is 59.9 Å². The van der Waals surface area contributed by atoms with Crippen LogP contribution in [0.3, 0.4) is 0 Å². The van der Waals surface area contributed by atoms with Crippen molar-refractivity contribution in [2.24, 2.45) is 0 Å². The Labute approximate surface area is 109 Å². The number of carboxylic acid groups (broad SMARTS) is 1. The van der Waals surface area contributed by atoms with Crippen LogP contribution in [0, 0.1) is 0 Å². The first-order chi connectivity index (χ1) is 8.23. The summed E-state index contributed by atoms with van der Waals surface area (Å²) in [7, 11) is 1.70. The predicted molar refractivity (Wildman–Crippen MR) is 70.8 cm³/mol. The predicted octanol–water partition coefficient (Wildman–Crippen LogP) is 0.939. The molecule has 18 heavy (non-hydrogen) atoms. The van der Waals surface area contributed by atoms with Gasteiger partial charge in [0.15, 0.2) is 0 Å². The van der Waals surface area contributed by atoms with Gasteiger partial charge in [0, 0.05) is 18.1 Å². The molecule has 0 radical (unpaired) electrons. The number of nitrogens with zero attached hydrogens (tertiary/aromatic N) is 1. The maximum absolute atomic E-state index is 11.3. The summed E-state index contributed by atoms with van der Waals surface area (Å²) in [6.45, 7) is 10.4. The summed E-state index contributed by atoms with van der Waals surface area (Å²) in [6, 6.07) is 0.192. The lowest BCUT2D eigenvalue weighted by molar-refractivity contribution is -0.145. The minimum atomic E-state index is -0.881. The Morgan fingerprint density at radius 1 is 1.61 bits per heavy atom. The molecule has 0 saturated carbocycles. The molecule has 0 amide bonds. The van der Waals surface area contributed by atoms with E-state index in [4.69, 9.17) is 4.74 Å². The molecule has 106 valence electrons. The number of hydrogen-bond donors (Lipinski definition) is 2. The summed E-state index contributed by atoms with van der Waals surface area (Å²) in [4.78, 5) is 13.7. The third-order valence-electron chi connectivity index (χ3n) is 3.97. The van der Waals surface area contributed by atoms with E-state index in [2.05, 4.69) is 31.0 Å². The first-order valence-corrected chi connectivity index (χ1v) is 6.50. The van der Waals surface area contributed by atoms with Gasteiger partial charge in [-0.2, -0.15) is 0 Å². The number of hydrogen-bond acceptors (Lipinski definition) is 4. The molecule has 1 aliphatic heterocycles. The Bertz CT molecular complexity index is 307. The van der Waals surface area contributed by atoms with E-state index >= 15 is 0 Å². The van der Waals surface area contributed by atoms with Crippen LogP contribution in [0.2, 0.25) is 0 Å². The van der Waals surface area contributed by atoms with E-state index in [-0.39, 0.29) is 11.6 Å². The first kappa shape index (κ1) is 15.4. The molecule has 5 nitrogen and oxygen atoms in total. The number of nitrogens with one attached hydrogen (secondary N) is 1. The number of carboxylic acids is 1. The van der Waals surface area contributed by atoms with E-state index in [1.165, 1.54) is 0 Å². The van der Waals surface area contributed by atoms with Crippen molar-refractivity contribution >= 4 is 5.97 Å². The largest absolute Gasteiger partial charge is 0.480 e. The van der Waals surface area contributed by atoms with Gasteiger partial charge in [0.05, 0.1) is 13.2 Å². The van der Waals surface area contributed by atoms with E-state index in [0.717, 1.165) is 13.2 Å². The normalized spacial score (nSPS) is 25.4. The number of ether oxygens (including phenoxy) is 1. The van der Waals surface area contributed by atoms with Crippen molar-refractivity contribution in [3.8, 4) is 0 Å². The molecule has 0 aliphatic carbocycles. The molecule has 0 spiro atoms. The molecule has 1 rings (SSSR count). The Balaban J connectivity index is 2.75. The van der Waals surface area contributed by atoms with Crippen LogP contribution >= 0.6 is 0 Å². The summed E-state index contributed by atoms with van der Waals surface area (Å²) in [5.41, 5.74) is -0.918. The lowest BCUT2D eigenvalue weighted by Crippen LogP contribution is -2.59. The fourth-order valence-corrected chi connectivity index (χ4v) is 2.68. The fourth-order valence-electron chi connectivity index (χ4n) is 2.68. The SMILES string of the molecule is CNC(C)(CC(C)N1CCOCC1(C)C)C(=O)O. The highest BCUT2D eigenvalue weighted by Crippen LogP contribution is 2.26. The number of morpholine rings is 1. The highest BCUT2D eigenvalue weighted by atomic mass is 16.5. The van der Waals surface area contributed by atoms with E-state index in [9.17, 15) is 9.90 Å². The molecule has 0 aromatic carbocycles. The topological polar surface area (TPSA) is 61.8 Å². The molecule has 0 bridgehead atoms.